The van der Waals surface area contributed by atoms with Gasteiger partial charge in [0.05, 0.1) is 5.56 Å². The molecule has 1 aliphatic rings. The molecule has 3 aromatic rings. The molecule has 1 saturated heterocycles. The summed E-state index contributed by atoms with van der Waals surface area (Å²) in [7, 11) is 0. The SMILES string of the molecule is Nc1ncccc1C(=O)c1cccc(N2CCN[C@@H](Cc3ccccc3)C2)n1. The zero-order chi connectivity index (χ0) is 19.3. The minimum atomic E-state index is -0.205. The van der Waals surface area contributed by atoms with E-state index in [4.69, 9.17) is 5.73 Å². The van der Waals surface area contributed by atoms with Gasteiger partial charge in [0.2, 0.25) is 5.78 Å². The third-order valence-electron chi connectivity index (χ3n) is 4.95. The number of rotatable bonds is 5. The van der Waals surface area contributed by atoms with Gasteiger partial charge in [0, 0.05) is 31.9 Å². The van der Waals surface area contributed by atoms with Crippen molar-refractivity contribution in [3.63, 3.8) is 0 Å². The van der Waals surface area contributed by atoms with Crippen LogP contribution in [0, 0.1) is 0 Å². The van der Waals surface area contributed by atoms with Crippen LogP contribution in [0.3, 0.4) is 0 Å². The zero-order valence-electron chi connectivity index (χ0n) is 15.6. The highest BCUT2D eigenvalue weighted by Gasteiger charge is 2.22. The maximum Gasteiger partial charge on any atom is 0.215 e. The van der Waals surface area contributed by atoms with Crippen molar-refractivity contribution < 1.29 is 4.79 Å². The van der Waals surface area contributed by atoms with E-state index in [1.54, 1.807) is 24.4 Å². The van der Waals surface area contributed by atoms with Crippen molar-refractivity contribution in [2.75, 3.05) is 30.3 Å². The molecule has 1 fully saturated rings. The molecule has 0 radical (unpaired) electrons. The lowest BCUT2D eigenvalue weighted by Crippen LogP contribution is -2.52. The Morgan fingerprint density at radius 2 is 1.96 bits per heavy atom. The quantitative estimate of drug-likeness (QED) is 0.668. The topological polar surface area (TPSA) is 84.1 Å². The molecule has 4 rings (SSSR count). The van der Waals surface area contributed by atoms with Crippen LogP contribution in [-0.2, 0) is 6.42 Å². The van der Waals surface area contributed by atoms with Gasteiger partial charge in [0.1, 0.15) is 17.3 Å². The van der Waals surface area contributed by atoms with Crippen LogP contribution in [-0.4, -0.2) is 41.4 Å². The van der Waals surface area contributed by atoms with Gasteiger partial charge in [-0.15, -0.1) is 0 Å². The van der Waals surface area contributed by atoms with E-state index < -0.39 is 0 Å². The van der Waals surface area contributed by atoms with Gasteiger partial charge in [-0.3, -0.25) is 4.79 Å². The van der Waals surface area contributed by atoms with E-state index in [2.05, 4.69) is 44.5 Å². The van der Waals surface area contributed by atoms with Gasteiger partial charge in [-0.05, 0) is 36.2 Å². The number of nitrogens with zero attached hydrogens (tertiary/aromatic N) is 3. The molecule has 0 spiro atoms. The summed E-state index contributed by atoms with van der Waals surface area (Å²) >= 11 is 0. The molecule has 0 amide bonds. The highest BCUT2D eigenvalue weighted by Crippen LogP contribution is 2.18. The van der Waals surface area contributed by atoms with Crippen LogP contribution in [0.1, 0.15) is 21.6 Å². The number of nitrogens with one attached hydrogen (secondary N) is 1. The molecule has 0 unspecified atom stereocenters. The molecule has 28 heavy (non-hydrogen) atoms. The van der Waals surface area contributed by atoms with Crippen LogP contribution in [0.2, 0.25) is 0 Å². The molecule has 0 bridgehead atoms. The van der Waals surface area contributed by atoms with Gasteiger partial charge < -0.3 is 16.0 Å². The normalized spacial score (nSPS) is 16.7. The van der Waals surface area contributed by atoms with Crippen molar-refractivity contribution in [2.24, 2.45) is 0 Å². The first-order chi connectivity index (χ1) is 13.7. The fraction of sp³-hybridized carbons (Fsp3) is 0.227. The van der Waals surface area contributed by atoms with E-state index >= 15 is 0 Å². The molecular weight excluding hydrogens is 350 g/mol. The lowest BCUT2D eigenvalue weighted by molar-refractivity contribution is 0.103. The zero-order valence-corrected chi connectivity index (χ0v) is 15.6. The Bertz CT molecular complexity index is 960. The van der Waals surface area contributed by atoms with E-state index in [9.17, 15) is 4.79 Å². The molecule has 6 nitrogen and oxygen atoms in total. The summed E-state index contributed by atoms with van der Waals surface area (Å²) in [5, 5.41) is 3.58. The van der Waals surface area contributed by atoms with E-state index in [0.717, 1.165) is 31.9 Å². The van der Waals surface area contributed by atoms with E-state index in [0.29, 0.717) is 17.3 Å². The number of benzene rings is 1. The second-order valence-electron chi connectivity index (χ2n) is 6.93. The second-order valence-corrected chi connectivity index (χ2v) is 6.93. The fourth-order valence-electron chi connectivity index (χ4n) is 3.54. The number of piperazine rings is 1. The van der Waals surface area contributed by atoms with Crippen LogP contribution in [0.5, 0.6) is 0 Å². The van der Waals surface area contributed by atoms with Crippen molar-refractivity contribution in [1.29, 1.82) is 0 Å². The average molecular weight is 373 g/mol. The first-order valence-electron chi connectivity index (χ1n) is 9.45. The van der Waals surface area contributed by atoms with Crippen molar-refractivity contribution in [3.8, 4) is 0 Å². The van der Waals surface area contributed by atoms with Gasteiger partial charge in [-0.1, -0.05) is 36.4 Å². The summed E-state index contributed by atoms with van der Waals surface area (Å²) in [5.74, 6) is 0.834. The van der Waals surface area contributed by atoms with Crippen molar-refractivity contribution in [3.05, 3.63) is 83.7 Å². The van der Waals surface area contributed by atoms with Crippen LogP contribution in [0.25, 0.3) is 0 Å². The minimum Gasteiger partial charge on any atom is -0.383 e. The van der Waals surface area contributed by atoms with E-state index in [1.807, 2.05) is 18.2 Å². The molecule has 6 heteroatoms. The van der Waals surface area contributed by atoms with Crippen molar-refractivity contribution in [1.82, 2.24) is 15.3 Å². The Balaban J connectivity index is 1.51. The number of carbonyl (C=O) groups is 1. The fourth-order valence-corrected chi connectivity index (χ4v) is 3.54. The summed E-state index contributed by atoms with van der Waals surface area (Å²) in [4.78, 5) is 23.6. The molecule has 0 saturated carbocycles. The summed E-state index contributed by atoms with van der Waals surface area (Å²) in [6.07, 6.45) is 2.53. The number of aromatic nitrogens is 2. The third kappa shape index (κ3) is 4.02. The Kier molecular flexibility index (Phi) is 5.30. The summed E-state index contributed by atoms with van der Waals surface area (Å²) in [5.41, 5.74) is 7.93. The Labute approximate surface area is 164 Å². The number of carbonyl (C=O) groups excluding carboxylic acids is 1. The number of anilines is 2. The maximum atomic E-state index is 12.8. The highest BCUT2D eigenvalue weighted by atomic mass is 16.1. The van der Waals surface area contributed by atoms with Gasteiger partial charge in [-0.2, -0.15) is 0 Å². The second kappa shape index (κ2) is 8.19. The lowest BCUT2D eigenvalue weighted by atomic mass is 10.0. The van der Waals surface area contributed by atoms with Gasteiger partial charge in [0.15, 0.2) is 0 Å². The molecule has 1 atom stereocenters. The molecule has 1 aliphatic heterocycles. The van der Waals surface area contributed by atoms with Crippen LogP contribution < -0.4 is 16.0 Å². The molecule has 3 N–H and O–H groups in total. The van der Waals surface area contributed by atoms with E-state index in [1.165, 1.54) is 5.56 Å². The van der Waals surface area contributed by atoms with Crippen LogP contribution in [0.15, 0.2) is 66.9 Å². The number of hydrogen-bond donors (Lipinski definition) is 2. The number of nitrogens with two attached hydrogens (primary N) is 1. The highest BCUT2D eigenvalue weighted by molar-refractivity contribution is 6.10. The number of ketones is 1. The van der Waals surface area contributed by atoms with Gasteiger partial charge in [-0.25, -0.2) is 9.97 Å². The monoisotopic (exact) mass is 373 g/mol. The number of hydrogen-bond acceptors (Lipinski definition) is 6. The lowest BCUT2D eigenvalue weighted by Gasteiger charge is -2.34. The third-order valence-corrected chi connectivity index (χ3v) is 4.95. The van der Waals surface area contributed by atoms with E-state index in [-0.39, 0.29) is 11.6 Å². The predicted molar refractivity (Wildman–Crippen MR) is 110 cm³/mol. The summed E-state index contributed by atoms with van der Waals surface area (Å²) < 4.78 is 0. The van der Waals surface area contributed by atoms with Crippen LogP contribution in [0.4, 0.5) is 11.6 Å². The smallest absolute Gasteiger partial charge is 0.215 e. The Morgan fingerprint density at radius 3 is 2.79 bits per heavy atom. The molecular formula is C22H23N5O. The molecule has 3 heterocycles. The van der Waals surface area contributed by atoms with Crippen molar-refractivity contribution in [2.45, 2.75) is 12.5 Å². The summed E-state index contributed by atoms with van der Waals surface area (Å²) in [6, 6.07) is 19.7. The molecule has 1 aromatic carbocycles. The first kappa shape index (κ1) is 18.1. The molecule has 0 aliphatic carbocycles. The molecule has 2 aromatic heterocycles. The largest absolute Gasteiger partial charge is 0.383 e. The average Bonchev–Trinajstić information content (AvgIpc) is 2.75. The maximum absolute atomic E-state index is 12.8. The van der Waals surface area contributed by atoms with Gasteiger partial charge in [0.25, 0.3) is 0 Å². The predicted octanol–water partition coefficient (Wildman–Crippen LogP) is 2.31. The number of nitrogen functional groups attached to an aromatic ring is 1. The molecule has 142 valence electrons. The summed E-state index contributed by atoms with van der Waals surface area (Å²) in [6.45, 7) is 2.58. The van der Waals surface area contributed by atoms with Crippen LogP contribution >= 0.6 is 0 Å². The number of pyridine rings is 2. The van der Waals surface area contributed by atoms with Gasteiger partial charge >= 0.3 is 0 Å². The minimum absolute atomic E-state index is 0.205. The van der Waals surface area contributed by atoms with Crippen molar-refractivity contribution >= 4 is 17.4 Å². The first-order valence-corrected chi connectivity index (χ1v) is 9.45. The Morgan fingerprint density at radius 1 is 1.11 bits per heavy atom. The Hall–Kier alpha value is -3.25. The standard InChI is InChI=1S/C22H23N5O/c23-22-18(8-5-11-25-22)21(28)19-9-4-10-20(26-19)27-13-12-24-17(15-27)14-16-6-2-1-3-7-16/h1-11,17,24H,12-15H2,(H2,23,25)/t17-/m0/s1.